The van der Waals surface area contributed by atoms with Crippen LogP contribution in [0, 0.1) is 6.92 Å². The Morgan fingerprint density at radius 2 is 1.87 bits per heavy atom. The second kappa shape index (κ2) is 10.3. The van der Waals surface area contributed by atoms with E-state index in [9.17, 15) is 13.2 Å². The van der Waals surface area contributed by atoms with E-state index in [1.807, 2.05) is 19.2 Å². The minimum absolute atomic E-state index is 0.109. The van der Waals surface area contributed by atoms with Gasteiger partial charge in [-0.3, -0.25) is 4.79 Å². The van der Waals surface area contributed by atoms with E-state index in [-0.39, 0.29) is 11.9 Å². The van der Waals surface area contributed by atoms with Gasteiger partial charge in [0.25, 0.3) is 0 Å². The zero-order chi connectivity index (χ0) is 21.6. The minimum Gasteiger partial charge on any atom is -0.343 e. The lowest BCUT2D eigenvalue weighted by molar-refractivity contribution is -0.117. The fourth-order valence-corrected chi connectivity index (χ4v) is 5.89. The number of nitrogens with zero attached hydrogens (tertiary/aromatic N) is 2. The molecule has 1 unspecified atom stereocenters. The number of benzene rings is 1. The summed E-state index contributed by atoms with van der Waals surface area (Å²) in [5, 5.41) is 5.85. The average molecular weight is 448 g/mol. The Labute approximate surface area is 183 Å². The highest BCUT2D eigenvalue weighted by Crippen LogP contribution is 2.22. The van der Waals surface area contributed by atoms with Crippen molar-refractivity contribution >= 4 is 33.3 Å². The highest BCUT2D eigenvalue weighted by molar-refractivity contribution is 7.89. The maximum Gasteiger partial charge on any atom is 0.244 e. The Balaban J connectivity index is 1.63. The molecular weight excluding hydrogens is 418 g/mol. The van der Waals surface area contributed by atoms with E-state index in [0.29, 0.717) is 18.0 Å². The fourth-order valence-electron chi connectivity index (χ4n) is 3.44. The standard InChI is InChI=1S/C22H29N3O3S2/c1-3-20(22-23-17(2)16-29-22)24-21(26)13-10-18-8-11-19(12-9-18)30(27,28)25-14-6-4-5-7-15-25/h8-13,16,20H,3-7,14-15H2,1-2H3,(H,24,26). The molecule has 8 heteroatoms. The zero-order valence-corrected chi connectivity index (χ0v) is 19.1. The largest absolute Gasteiger partial charge is 0.343 e. The monoisotopic (exact) mass is 447 g/mol. The van der Waals surface area contributed by atoms with Crippen LogP contribution < -0.4 is 5.32 Å². The van der Waals surface area contributed by atoms with Gasteiger partial charge in [0, 0.05) is 30.2 Å². The second-order valence-electron chi connectivity index (χ2n) is 7.52. The molecule has 0 radical (unpaired) electrons. The quantitative estimate of drug-likeness (QED) is 0.642. The molecule has 30 heavy (non-hydrogen) atoms. The SMILES string of the molecule is CCC(NC(=O)C=Cc1ccc(S(=O)(=O)N2CCCCCC2)cc1)c1nc(C)cs1. The van der Waals surface area contributed by atoms with Gasteiger partial charge in [0.05, 0.1) is 10.9 Å². The first kappa shape index (κ1) is 22.7. The number of carbonyl (C=O) groups is 1. The van der Waals surface area contributed by atoms with E-state index >= 15 is 0 Å². The molecule has 0 aliphatic carbocycles. The third-order valence-electron chi connectivity index (χ3n) is 5.17. The first-order valence-electron chi connectivity index (χ1n) is 10.4. The number of aryl methyl sites for hydroxylation is 1. The number of hydrogen-bond donors (Lipinski definition) is 1. The van der Waals surface area contributed by atoms with Crippen LogP contribution in [0.2, 0.25) is 0 Å². The normalized spacial score (nSPS) is 17.0. The fraction of sp³-hybridized carbons (Fsp3) is 0.455. The first-order valence-corrected chi connectivity index (χ1v) is 12.7. The van der Waals surface area contributed by atoms with E-state index in [1.165, 1.54) is 6.08 Å². The molecule has 0 bridgehead atoms. The maximum absolute atomic E-state index is 12.8. The van der Waals surface area contributed by atoms with Crippen LogP contribution >= 0.6 is 11.3 Å². The molecule has 3 rings (SSSR count). The van der Waals surface area contributed by atoms with Crippen LogP contribution in [0.3, 0.4) is 0 Å². The van der Waals surface area contributed by atoms with E-state index in [0.717, 1.165) is 48.4 Å². The molecule has 1 aromatic heterocycles. The van der Waals surface area contributed by atoms with Gasteiger partial charge in [-0.1, -0.05) is 31.9 Å². The number of amides is 1. The van der Waals surface area contributed by atoms with E-state index < -0.39 is 10.0 Å². The highest BCUT2D eigenvalue weighted by atomic mass is 32.2. The van der Waals surface area contributed by atoms with Crippen molar-refractivity contribution in [3.63, 3.8) is 0 Å². The van der Waals surface area contributed by atoms with Crippen molar-refractivity contribution in [1.29, 1.82) is 0 Å². The van der Waals surface area contributed by atoms with Gasteiger partial charge in [0.1, 0.15) is 5.01 Å². The van der Waals surface area contributed by atoms with Gasteiger partial charge in [-0.05, 0) is 50.0 Å². The van der Waals surface area contributed by atoms with Crippen molar-refractivity contribution in [3.05, 3.63) is 52.0 Å². The molecule has 2 heterocycles. The van der Waals surface area contributed by atoms with Gasteiger partial charge in [-0.25, -0.2) is 13.4 Å². The smallest absolute Gasteiger partial charge is 0.244 e. The van der Waals surface area contributed by atoms with Crippen molar-refractivity contribution in [1.82, 2.24) is 14.6 Å². The zero-order valence-electron chi connectivity index (χ0n) is 17.5. The molecular formula is C22H29N3O3S2. The molecule has 1 N–H and O–H groups in total. The van der Waals surface area contributed by atoms with E-state index in [4.69, 9.17) is 0 Å². The summed E-state index contributed by atoms with van der Waals surface area (Å²) in [6.45, 7) is 5.11. The summed E-state index contributed by atoms with van der Waals surface area (Å²) in [6, 6.07) is 6.59. The number of carbonyl (C=O) groups excluding carboxylic acids is 1. The lowest BCUT2D eigenvalue weighted by Gasteiger charge is -2.19. The van der Waals surface area contributed by atoms with Gasteiger partial charge in [0.15, 0.2) is 0 Å². The lowest BCUT2D eigenvalue weighted by Crippen LogP contribution is -2.31. The predicted octanol–water partition coefficient (Wildman–Crippen LogP) is 4.30. The van der Waals surface area contributed by atoms with Gasteiger partial charge < -0.3 is 5.32 Å². The molecule has 1 fully saturated rings. The molecule has 1 aromatic carbocycles. The van der Waals surface area contributed by atoms with Crippen molar-refractivity contribution in [3.8, 4) is 0 Å². The molecule has 1 saturated heterocycles. The van der Waals surface area contributed by atoms with Crippen LogP contribution in [0.1, 0.15) is 61.3 Å². The van der Waals surface area contributed by atoms with Gasteiger partial charge in [-0.2, -0.15) is 4.31 Å². The summed E-state index contributed by atoms with van der Waals surface area (Å²) in [6.07, 6.45) is 7.91. The Hall–Kier alpha value is -2.03. The van der Waals surface area contributed by atoms with Crippen molar-refractivity contribution in [2.75, 3.05) is 13.1 Å². The van der Waals surface area contributed by atoms with Crippen molar-refractivity contribution in [2.45, 2.75) is 56.9 Å². The summed E-state index contributed by atoms with van der Waals surface area (Å²) in [5.41, 5.74) is 1.73. The van der Waals surface area contributed by atoms with E-state index in [1.54, 1.807) is 46.0 Å². The Bertz CT molecular complexity index is 973. The Morgan fingerprint density at radius 1 is 1.20 bits per heavy atom. The molecule has 1 atom stereocenters. The van der Waals surface area contributed by atoms with Crippen LogP contribution in [0.5, 0.6) is 0 Å². The van der Waals surface area contributed by atoms with Gasteiger partial charge in [-0.15, -0.1) is 11.3 Å². The number of nitrogens with one attached hydrogen (secondary N) is 1. The molecule has 1 aliphatic rings. The number of aromatic nitrogens is 1. The third-order valence-corrected chi connectivity index (χ3v) is 8.16. The van der Waals surface area contributed by atoms with Gasteiger partial charge in [0.2, 0.25) is 15.9 Å². The molecule has 1 amide bonds. The predicted molar refractivity (Wildman–Crippen MR) is 121 cm³/mol. The molecule has 1 aliphatic heterocycles. The number of sulfonamides is 1. The summed E-state index contributed by atoms with van der Waals surface area (Å²) in [7, 11) is -3.46. The van der Waals surface area contributed by atoms with Crippen LogP contribution in [0.15, 0.2) is 40.6 Å². The third kappa shape index (κ3) is 5.77. The second-order valence-corrected chi connectivity index (χ2v) is 10.3. The molecule has 6 nitrogen and oxygen atoms in total. The first-order chi connectivity index (χ1) is 14.4. The Kier molecular flexibility index (Phi) is 7.80. The average Bonchev–Trinajstić information content (AvgIpc) is 2.99. The van der Waals surface area contributed by atoms with Crippen LogP contribution in [-0.2, 0) is 14.8 Å². The number of hydrogen-bond acceptors (Lipinski definition) is 5. The van der Waals surface area contributed by atoms with Crippen molar-refractivity contribution in [2.24, 2.45) is 0 Å². The summed E-state index contributed by atoms with van der Waals surface area (Å²) in [4.78, 5) is 17.1. The van der Waals surface area contributed by atoms with Crippen LogP contribution in [0.25, 0.3) is 6.08 Å². The lowest BCUT2D eigenvalue weighted by atomic mass is 10.2. The summed E-state index contributed by atoms with van der Waals surface area (Å²) in [5.74, 6) is -0.198. The van der Waals surface area contributed by atoms with Crippen LogP contribution in [0.4, 0.5) is 0 Å². The number of rotatable bonds is 7. The molecule has 162 valence electrons. The summed E-state index contributed by atoms with van der Waals surface area (Å²) < 4.78 is 27.3. The minimum atomic E-state index is -3.46. The maximum atomic E-state index is 12.8. The van der Waals surface area contributed by atoms with E-state index in [2.05, 4.69) is 10.3 Å². The molecule has 2 aromatic rings. The topological polar surface area (TPSA) is 79.4 Å². The van der Waals surface area contributed by atoms with Gasteiger partial charge >= 0.3 is 0 Å². The molecule has 0 spiro atoms. The Morgan fingerprint density at radius 3 is 2.43 bits per heavy atom. The number of thiazole rings is 1. The van der Waals surface area contributed by atoms with Crippen molar-refractivity contribution < 1.29 is 13.2 Å². The highest BCUT2D eigenvalue weighted by Gasteiger charge is 2.24. The van der Waals surface area contributed by atoms with Crippen LogP contribution in [-0.4, -0.2) is 36.7 Å². The molecule has 0 saturated carbocycles. The summed E-state index contributed by atoms with van der Waals surface area (Å²) >= 11 is 1.54.